The topological polar surface area (TPSA) is 47.7 Å². The third kappa shape index (κ3) is 3.31. The number of benzene rings is 1. The molecule has 0 bridgehead atoms. The van der Waals surface area contributed by atoms with E-state index < -0.39 is 0 Å². The molecule has 1 aromatic carbocycles. The summed E-state index contributed by atoms with van der Waals surface area (Å²) >= 11 is 0. The molecule has 0 radical (unpaired) electrons. The number of aryl methyl sites for hydroxylation is 2. The number of nitrogens with zero attached hydrogens (tertiary/aromatic N) is 4. The van der Waals surface area contributed by atoms with Gasteiger partial charge in [0.05, 0.1) is 12.2 Å². The lowest BCUT2D eigenvalue weighted by atomic mass is 10.2. The minimum absolute atomic E-state index is 0.783. The van der Waals surface area contributed by atoms with Crippen molar-refractivity contribution in [3.05, 3.63) is 65.7 Å². The molecular weight excluding hydrogens is 262 g/mol. The average Bonchev–Trinajstić information content (AvgIpc) is 3.07. The van der Waals surface area contributed by atoms with Crippen LogP contribution >= 0.6 is 0 Å². The van der Waals surface area contributed by atoms with Crippen LogP contribution in [0.3, 0.4) is 0 Å². The van der Waals surface area contributed by atoms with E-state index >= 15 is 0 Å². The predicted octanol–water partition coefficient (Wildman–Crippen LogP) is 2.59. The first-order chi connectivity index (χ1) is 10.2. The van der Waals surface area contributed by atoms with Gasteiger partial charge in [0.1, 0.15) is 0 Å². The number of hydrogen-bond acceptors (Lipinski definition) is 3. The summed E-state index contributed by atoms with van der Waals surface area (Å²) < 4.78 is 3.77. The van der Waals surface area contributed by atoms with Gasteiger partial charge in [0.25, 0.3) is 0 Å². The van der Waals surface area contributed by atoms with E-state index in [9.17, 15) is 0 Å². The normalized spacial score (nSPS) is 10.8. The van der Waals surface area contributed by atoms with Crippen LogP contribution in [0.15, 0.2) is 48.9 Å². The predicted molar refractivity (Wildman–Crippen MR) is 83.0 cm³/mol. The standard InChI is InChI=1S/C16H19N5/c1-13-15(12-20(2)19-13)10-17-16-6-3-5-14(9-16)11-21-8-4-7-18-21/h3-9,12,17H,10-11H2,1-2H3. The van der Waals surface area contributed by atoms with Gasteiger partial charge in [0, 0.05) is 43.4 Å². The molecule has 21 heavy (non-hydrogen) atoms. The molecule has 0 aliphatic carbocycles. The Kier molecular flexibility index (Phi) is 3.73. The van der Waals surface area contributed by atoms with Crippen molar-refractivity contribution in [1.82, 2.24) is 19.6 Å². The van der Waals surface area contributed by atoms with Crippen LogP contribution in [-0.2, 0) is 20.1 Å². The van der Waals surface area contributed by atoms with Crippen LogP contribution in [0.25, 0.3) is 0 Å². The van der Waals surface area contributed by atoms with E-state index in [1.54, 1.807) is 6.20 Å². The molecule has 0 saturated carbocycles. The van der Waals surface area contributed by atoms with Crippen LogP contribution in [0.1, 0.15) is 16.8 Å². The largest absolute Gasteiger partial charge is 0.381 e. The minimum Gasteiger partial charge on any atom is -0.381 e. The van der Waals surface area contributed by atoms with Crippen molar-refractivity contribution in [1.29, 1.82) is 0 Å². The van der Waals surface area contributed by atoms with Gasteiger partial charge in [0.2, 0.25) is 0 Å². The van der Waals surface area contributed by atoms with Crippen LogP contribution in [0.2, 0.25) is 0 Å². The Morgan fingerprint density at radius 1 is 1.24 bits per heavy atom. The van der Waals surface area contributed by atoms with Crippen molar-refractivity contribution in [2.45, 2.75) is 20.0 Å². The third-order valence-electron chi connectivity index (χ3n) is 3.43. The highest BCUT2D eigenvalue weighted by molar-refractivity contribution is 5.46. The molecule has 5 nitrogen and oxygen atoms in total. The van der Waals surface area contributed by atoms with E-state index in [1.165, 1.54) is 11.1 Å². The van der Waals surface area contributed by atoms with Crippen molar-refractivity contribution in [2.75, 3.05) is 5.32 Å². The maximum absolute atomic E-state index is 4.36. The number of hydrogen-bond donors (Lipinski definition) is 1. The van der Waals surface area contributed by atoms with Gasteiger partial charge in [-0.3, -0.25) is 9.36 Å². The van der Waals surface area contributed by atoms with Gasteiger partial charge in [-0.2, -0.15) is 10.2 Å². The maximum Gasteiger partial charge on any atom is 0.0660 e. The highest BCUT2D eigenvalue weighted by Gasteiger charge is 2.03. The van der Waals surface area contributed by atoms with Crippen molar-refractivity contribution < 1.29 is 0 Å². The zero-order chi connectivity index (χ0) is 14.7. The van der Waals surface area contributed by atoms with Crippen LogP contribution < -0.4 is 5.32 Å². The second-order valence-electron chi connectivity index (χ2n) is 5.17. The Hall–Kier alpha value is -2.56. The van der Waals surface area contributed by atoms with E-state index in [0.717, 1.165) is 24.5 Å². The van der Waals surface area contributed by atoms with Gasteiger partial charge in [-0.25, -0.2) is 0 Å². The molecule has 2 heterocycles. The molecule has 5 heteroatoms. The Balaban J connectivity index is 1.67. The number of rotatable bonds is 5. The molecule has 3 aromatic rings. The van der Waals surface area contributed by atoms with Crippen molar-refractivity contribution >= 4 is 5.69 Å². The van der Waals surface area contributed by atoms with Gasteiger partial charge in [-0.05, 0) is 30.7 Å². The molecule has 108 valence electrons. The summed E-state index contributed by atoms with van der Waals surface area (Å²) in [5.41, 5.74) is 4.63. The summed E-state index contributed by atoms with van der Waals surface area (Å²) in [4.78, 5) is 0. The van der Waals surface area contributed by atoms with E-state index in [1.807, 2.05) is 35.6 Å². The average molecular weight is 281 g/mol. The number of anilines is 1. The van der Waals surface area contributed by atoms with Crippen molar-refractivity contribution in [3.8, 4) is 0 Å². The van der Waals surface area contributed by atoms with Gasteiger partial charge in [0.15, 0.2) is 0 Å². The molecule has 1 N–H and O–H groups in total. The zero-order valence-electron chi connectivity index (χ0n) is 12.3. The van der Waals surface area contributed by atoms with Crippen molar-refractivity contribution in [3.63, 3.8) is 0 Å². The van der Waals surface area contributed by atoms with Crippen LogP contribution in [-0.4, -0.2) is 19.6 Å². The number of aromatic nitrogens is 4. The molecule has 0 amide bonds. The Morgan fingerprint density at radius 2 is 2.14 bits per heavy atom. The van der Waals surface area contributed by atoms with E-state index in [2.05, 4.69) is 46.0 Å². The highest BCUT2D eigenvalue weighted by atomic mass is 15.3. The molecule has 0 saturated heterocycles. The second-order valence-corrected chi connectivity index (χ2v) is 5.17. The van der Waals surface area contributed by atoms with Gasteiger partial charge in [-0.15, -0.1) is 0 Å². The third-order valence-corrected chi connectivity index (χ3v) is 3.43. The summed E-state index contributed by atoms with van der Waals surface area (Å²) in [7, 11) is 1.95. The molecule has 3 rings (SSSR count). The smallest absolute Gasteiger partial charge is 0.0660 e. The quantitative estimate of drug-likeness (QED) is 0.782. The molecule has 2 aromatic heterocycles. The molecule has 0 fully saturated rings. The first-order valence-corrected chi connectivity index (χ1v) is 7.00. The SMILES string of the molecule is Cc1nn(C)cc1CNc1cccc(Cn2cccn2)c1. The molecule has 0 aliphatic rings. The molecule has 0 atom stereocenters. The Morgan fingerprint density at radius 3 is 2.86 bits per heavy atom. The zero-order valence-corrected chi connectivity index (χ0v) is 12.3. The summed E-state index contributed by atoms with van der Waals surface area (Å²) in [6, 6.07) is 10.4. The Bertz CT molecular complexity index is 712. The minimum atomic E-state index is 0.783. The Labute approximate surface area is 124 Å². The highest BCUT2D eigenvalue weighted by Crippen LogP contribution is 2.14. The van der Waals surface area contributed by atoms with E-state index in [4.69, 9.17) is 0 Å². The fraction of sp³-hybridized carbons (Fsp3) is 0.250. The van der Waals surface area contributed by atoms with E-state index in [0.29, 0.717) is 0 Å². The van der Waals surface area contributed by atoms with Gasteiger partial charge >= 0.3 is 0 Å². The fourth-order valence-electron chi connectivity index (χ4n) is 2.38. The lowest BCUT2D eigenvalue weighted by Gasteiger charge is -2.08. The lowest BCUT2D eigenvalue weighted by Crippen LogP contribution is -2.03. The molecule has 0 aliphatic heterocycles. The second kappa shape index (κ2) is 5.83. The number of nitrogens with one attached hydrogen (secondary N) is 1. The maximum atomic E-state index is 4.36. The summed E-state index contributed by atoms with van der Waals surface area (Å²) in [6.45, 7) is 3.60. The lowest BCUT2D eigenvalue weighted by molar-refractivity contribution is 0.687. The van der Waals surface area contributed by atoms with E-state index in [-0.39, 0.29) is 0 Å². The van der Waals surface area contributed by atoms with Crippen LogP contribution in [0.5, 0.6) is 0 Å². The van der Waals surface area contributed by atoms with Crippen LogP contribution in [0, 0.1) is 6.92 Å². The molecule has 0 unspecified atom stereocenters. The molecular formula is C16H19N5. The summed E-state index contributed by atoms with van der Waals surface area (Å²) in [6.07, 6.45) is 5.82. The van der Waals surface area contributed by atoms with Gasteiger partial charge in [-0.1, -0.05) is 12.1 Å². The fourth-order valence-corrected chi connectivity index (χ4v) is 2.38. The summed E-state index contributed by atoms with van der Waals surface area (Å²) in [5.74, 6) is 0. The first kappa shape index (κ1) is 13.4. The first-order valence-electron chi connectivity index (χ1n) is 7.00. The van der Waals surface area contributed by atoms with Crippen LogP contribution in [0.4, 0.5) is 5.69 Å². The monoisotopic (exact) mass is 281 g/mol. The van der Waals surface area contributed by atoms with Crippen molar-refractivity contribution in [2.24, 2.45) is 7.05 Å². The molecule has 0 spiro atoms. The van der Waals surface area contributed by atoms with Gasteiger partial charge < -0.3 is 5.32 Å². The summed E-state index contributed by atoms with van der Waals surface area (Å²) in [5, 5.41) is 12.0.